The van der Waals surface area contributed by atoms with Crippen molar-refractivity contribution in [3.63, 3.8) is 0 Å². The Morgan fingerprint density at radius 3 is 3.00 bits per heavy atom. The van der Waals surface area contributed by atoms with Crippen LogP contribution in [0.4, 0.5) is 4.39 Å². The summed E-state index contributed by atoms with van der Waals surface area (Å²) in [4.78, 5) is 5.16. The molecule has 2 nitrogen and oxygen atoms in total. The Hall–Kier alpha value is -0.450. The third-order valence-electron chi connectivity index (χ3n) is 4.44. The lowest BCUT2D eigenvalue weighted by Gasteiger charge is -2.42. The van der Waals surface area contributed by atoms with Gasteiger partial charge < -0.3 is 0 Å². The van der Waals surface area contributed by atoms with Crippen LogP contribution in [-0.2, 0) is 6.54 Å². The number of fused-ring (bicyclic) bond motifs is 1. The van der Waals surface area contributed by atoms with Gasteiger partial charge >= 0.3 is 0 Å². The normalized spacial score (nSPS) is 28.6. The summed E-state index contributed by atoms with van der Waals surface area (Å²) in [5.41, 5.74) is 1.19. The van der Waals surface area contributed by atoms with Crippen molar-refractivity contribution in [3.8, 4) is 0 Å². The molecule has 0 N–H and O–H groups in total. The molecule has 0 aromatic heterocycles. The number of benzene rings is 1. The summed E-state index contributed by atoms with van der Waals surface area (Å²) in [6, 6.07) is 6.67. The molecule has 104 valence electrons. The van der Waals surface area contributed by atoms with Gasteiger partial charge in [-0.05, 0) is 59.9 Å². The largest absolute Gasteiger partial charge is 0.298 e. The van der Waals surface area contributed by atoms with Crippen molar-refractivity contribution in [2.45, 2.75) is 38.4 Å². The van der Waals surface area contributed by atoms with Crippen molar-refractivity contribution in [2.75, 3.05) is 19.6 Å². The van der Waals surface area contributed by atoms with Gasteiger partial charge in [0.25, 0.3) is 0 Å². The van der Waals surface area contributed by atoms with Gasteiger partial charge in [0.05, 0.1) is 4.47 Å². The van der Waals surface area contributed by atoms with E-state index in [-0.39, 0.29) is 5.82 Å². The van der Waals surface area contributed by atoms with Crippen LogP contribution in [0.2, 0.25) is 0 Å². The lowest BCUT2D eigenvalue weighted by atomic mass is 10.1. The fourth-order valence-electron chi connectivity index (χ4n) is 3.34. The molecule has 2 heterocycles. The standard InChI is InChI=1S/C15H20BrFN2/c1-11-8-18-6-2-3-13(18)10-19(11)9-12-4-5-15(17)14(16)7-12/h4-5,7,11,13H,2-3,6,8-10H2,1H3. The van der Waals surface area contributed by atoms with E-state index in [0.717, 1.165) is 19.1 Å². The predicted octanol–water partition coefficient (Wildman–Crippen LogP) is 3.26. The molecule has 2 aliphatic heterocycles. The Morgan fingerprint density at radius 2 is 2.21 bits per heavy atom. The van der Waals surface area contributed by atoms with E-state index in [1.165, 1.54) is 31.5 Å². The van der Waals surface area contributed by atoms with Gasteiger partial charge in [-0.25, -0.2) is 4.39 Å². The van der Waals surface area contributed by atoms with Crippen LogP contribution in [0.15, 0.2) is 22.7 Å². The van der Waals surface area contributed by atoms with Gasteiger partial charge in [-0.2, -0.15) is 0 Å². The second kappa shape index (κ2) is 5.51. The number of hydrogen-bond donors (Lipinski definition) is 0. The Kier molecular flexibility index (Phi) is 3.92. The van der Waals surface area contributed by atoms with Crippen LogP contribution >= 0.6 is 15.9 Å². The molecule has 0 amide bonds. The molecule has 0 bridgehead atoms. The number of halogens is 2. The van der Waals surface area contributed by atoms with Crippen LogP contribution in [0.5, 0.6) is 0 Å². The summed E-state index contributed by atoms with van der Waals surface area (Å²) in [5.74, 6) is -0.183. The fraction of sp³-hybridized carbons (Fsp3) is 0.600. The first-order valence-corrected chi connectivity index (χ1v) is 7.85. The van der Waals surface area contributed by atoms with Crippen molar-refractivity contribution in [1.29, 1.82) is 0 Å². The molecule has 2 atom stereocenters. The van der Waals surface area contributed by atoms with E-state index >= 15 is 0 Å². The van der Waals surface area contributed by atoms with Crippen LogP contribution in [0.3, 0.4) is 0 Å². The van der Waals surface area contributed by atoms with Crippen molar-refractivity contribution in [3.05, 3.63) is 34.1 Å². The topological polar surface area (TPSA) is 6.48 Å². The Labute approximate surface area is 122 Å². The van der Waals surface area contributed by atoms with E-state index in [1.54, 1.807) is 6.07 Å². The number of hydrogen-bond acceptors (Lipinski definition) is 2. The molecule has 2 fully saturated rings. The van der Waals surface area contributed by atoms with Crippen molar-refractivity contribution in [1.82, 2.24) is 9.80 Å². The van der Waals surface area contributed by atoms with Crippen molar-refractivity contribution < 1.29 is 4.39 Å². The molecule has 0 saturated carbocycles. The summed E-state index contributed by atoms with van der Waals surface area (Å²) >= 11 is 3.27. The summed E-state index contributed by atoms with van der Waals surface area (Å²) in [5, 5.41) is 0. The molecule has 0 aliphatic carbocycles. The predicted molar refractivity (Wildman–Crippen MR) is 78.6 cm³/mol. The molecule has 2 unspecified atom stereocenters. The van der Waals surface area contributed by atoms with Crippen LogP contribution < -0.4 is 0 Å². The first kappa shape index (κ1) is 13.5. The molecule has 1 aromatic rings. The minimum Gasteiger partial charge on any atom is -0.298 e. The minimum atomic E-state index is -0.183. The van der Waals surface area contributed by atoms with Gasteiger partial charge in [0.2, 0.25) is 0 Å². The zero-order valence-corrected chi connectivity index (χ0v) is 12.9. The van der Waals surface area contributed by atoms with E-state index in [1.807, 2.05) is 12.1 Å². The van der Waals surface area contributed by atoms with Crippen LogP contribution in [0.1, 0.15) is 25.3 Å². The molecular weight excluding hydrogens is 307 g/mol. The lowest BCUT2D eigenvalue weighted by molar-refractivity contribution is 0.0540. The van der Waals surface area contributed by atoms with Gasteiger partial charge in [0.1, 0.15) is 5.82 Å². The van der Waals surface area contributed by atoms with Crippen molar-refractivity contribution in [2.24, 2.45) is 0 Å². The average molecular weight is 327 g/mol. The lowest BCUT2D eigenvalue weighted by Crippen LogP contribution is -2.54. The Balaban J connectivity index is 1.70. The molecule has 2 saturated heterocycles. The summed E-state index contributed by atoms with van der Waals surface area (Å²) < 4.78 is 13.8. The quantitative estimate of drug-likeness (QED) is 0.823. The fourth-order valence-corrected chi connectivity index (χ4v) is 3.77. The number of nitrogens with zero attached hydrogens (tertiary/aromatic N) is 2. The SMILES string of the molecule is CC1CN2CCCC2CN1Cc1ccc(F)c(Br)c1. The van der Waals surface area contributed by atoms with Gasteiger partial charge in [-0.3, -0.25) is 9.80 Å². The summed E-state index contributed by atoms with van der Waals surface area (Å²) in [7, 11) is 0. The molecule has 19 heavy (non-hydrogen) atoms. The zero-order chi connectivity index (χ0) is 13.4. The van der Waals surface area contributed by atoms with E-state index in [9.17, 15) is 4.39 Å². The molecule has 3 rings (SSSR count). The van der Waals surface area contributed by atoms with Crippen LogP contribution in [-0.4, -0.2) is 41.5 Å². The molecule has 1 aromatic carbocycles. The first-order valence-electron chi connectivity index (χ1n) is 7.05. The highest BCUT2D eigenvalue weighted by atomic mass is 79.9. The van der Waals surface area contributed by atoms with Gasteiger partial charge in [-0.15, -0.1) is 0 Å². The second-order valence-corrected chi connectivity index (χ2v) is 6.67. The Morgan fingerprint density at radius 1 is 1.37 bits per heavy atom. The summed E-state index contributed by atoms with van der Waals surface area (Å²) in [6.07, 6.45) is 2.67. The third kappa shape index (κ3) is 2.86. The maximum atomic E-state index is 13.3. The maximum Gasteiger partial charge on any atom is 0.137 e. The van der Waals surface area contributed by atoms with Crippen LogP contribution in [0, 0.1) is 5.82 Å². The van der Waals surface area contributed by atoms with Gasteiger partial charge in [0.15, 0.2) is 0 Å². The molecule has 2 aliphatic rings. The highest BCUT2D eigenvalue weighted by Crippen LogP contribution is 2.26. The van der Waals surface area contributed by atoms with E-state index < -0.39 is 0 Å². The third-order valence-corrected chi connectivity index (χ3v) is 5.04. The van der Waals surface area contributed by atoms with Crippen LogP contribution in [0.25, 0.3) is 0 Å². The van der Waals surface area contributed by atoms with E-state index in [2.05, 4.69) is 32.7 Å². The van der Waals surface area contributed by atoms with Gasteiger partial charge in [-0.1, -0.05) is 6.07 Å². The highest BCUT2D eigenvalue weighted by molar-refractivity contribution is 9.10. The second-order valence-electron chi connectivity index (χ2n) is 5.82. The molecular formula is C15H20BrFN2. The highest BCUT2D eigenvalue weighted by Gasteiger charge is 2.34. The minimum absolute atomic E-state index is 0.183. The maximum absolute atomic E-state index is 13.3. The number of piperazine rings is 1. The smallest absolute Gasteiger partial charge is 0.137 e. The van der Waals surface area contributed by atoms with E-state index in [4.69, 9.17) is 0 Å². The van der Waals surface area contributed by atoms with Gasteiger partial charge in [0, 0.05) is 31.7 Å². The molecule has 0 spiro atoms. The average Bonchev–Trinajstić information content (AvgIpc) is 2.81. The van der Waals surface area contributed by atoms with Crippen molar-refractivity contribution >= 4 is 15.9 Å². The summed E-state index contributed by atoms with van der Waals surface area (Å²) in [6.45, 7) is 6.81. The first-order chi connectivity index (χ1) is 9.13. The monoisotopic (exact) mass is 326 g/mol. The Bertz CT molecular complexity index is 465. The van der Waals surface area contributed by atoms with E-state index in [0.29, 0.717) is 10.5 Å². The molecule has 0 radical (unpaired) electrons. The zero-order valence-electron chi connectivity index (χ0n) is 11.3. The number of rotatable bonds is 2. The molecule has 4 heteroatoms.